The normalized spacial score (nSPS) is 21.4. The number of ketones is 2. The average molecular weight is 366 g/mol. The summed E-state index contributed by atoms with van der Waals surface area (Å²) in [5.74, 6) is -2.35. The highest BCUT2D eigenvalue weighted by atomic mass is 16.2. The second-order valence-electron chi connectivity index (χ2n) is 6.71. The summed E-state index contributed by atoms with van der Waals surface area (Å²) in [5.41, 5.74) is 8.11. The predicted octanol–water partition coefficient (Wildman–Crippen LogP) is 2.92. The molecule has 0 radical (unpaired) electrons. The maximum absolute atomic E-state index is 13.3. The van der Waals surface area contributed by atoms with Crippen LogP contribution in [0.1, 0.15) is 37.3 Å². The third-order valence-corrected chi connectivity index (χ3v) is 5.14. The molecule has 0 bridgehead atoms. The van der Waals surface area contributed by atoms with E-state index in [9.17, 15) is 14.4 Å². The van der Waals surface area contributed by atoms with E-state index in [1.54, 1.807) is 19.9 Å². The number of benzene rings is 1. The Labute approximate surface area is 160 Å². The van der Waals surface area contributed by atoms with Crippen molar-refractivity contribution in [1.29, 1.82) is 0 Å². The predicted molar refractivity (Wildman–Crippen MR) is 106 cm³/mol. The van der Waals surface area contributed by atoms with Crippen LogP contribution in [0.15, 0.2) is 60.5 Å². The molecule has 5 heteroatoms. The van der Waals surface area contributed by atoms with Gasteiger partial charge in [-0.2, -0.15) is 0 Å². The van der Waals surface area contributed by atoms with Crippen molar-refractivity contribution >= 4 is 17.5 Å². The second kappa shape index (κ2) is 8.62. The number of rotatable bonds is 6. The van der Waals surface area contributed by atoms with Gasteiger partial charge in [0.05, 0.1) is 5.70 Å². The van der Waals surface area contributed by atoms with E-state index >= 15 is 0 Å². The minimum Gasteiger partial charge on any atom is -0.405 e. The molecular formula is C22H26N2O3. The number of Topliss-reactive ketones (excluding diaryl/α,β-unsaturated/α-hetero) is 2. The highest BCUT2D eigenvalue weighted by Crippen LogP contribution is 2.40. The van der Waals surface area contributed by atoms with Gasteiger partial charge < -0.3 is 11.1 Å². The molecule has 142 valence electrons. The fourth-order valence-electron chi connectivity index (χ4n) is 3.72. The van der Waals surface area contributed by atoms with Crippen LogP contribution in [0.25, 0.3) is 0 Å². The first-order chi connectivity index (χ1) is 12.9. The number of amides is 1. The lowest BCUT2D eigenvalue weighted by molar-refractivity contribution is -0.131. The van der Waals surface area contributed by atoms with Crippen molar-refractivity contribution in [3.63, 3.8) is 0 Å². The number of allylic oxidation sites excluding steroid dienone is 3. The quantitative estimate of drug-likeness (QED) is 0.758. The lowest BCUT2D eigenvalue weighted by Gasteiger charge is -2.35. The zero-order valence-corrected chi connectivity index (χ0v) is 16.0. The lowest BCUT2D eigenvalue weighted by atomic mass is 9.68. The molecule has 0 aliphatic heterocycles. The Morgan fingerprint density at radius 1 is 1.30 bits per heavy atom. The van der Waals surface area contributed by atoms with Crippen LogP contribution < -0.4 is 11.1 Å². The molecule has 0 heterocycles. The van der Waals surface area contributed by atoms with Crippen LogP contribution in [-0.2, 0) is 14.4 Å². The Kier molecular flexibility index (Phi) is 6.50. The molecule has 3 unspecified atom stereocenters. The topological polar surface area (TPSA) is 89.3 Å². The van der Waals surface area contributed by atoms with E-state index in [1.165, 1.54) is 6.20 Å². The van der Waals surface area contributed by atoms with E-state index in [1.807, 2.05) is 31.2 Å². The molecule has 3 atom stereocenters. The molecule has 1 aliphatic rings. The summed E-state index contributed by atoms with van der Waals surface area (Å²) >= 11 is 0. The van der Waals surface area contributed by atoms with Crippen LogP contribution in [0.4, 0.5) is 0 Å². The summed E-state index contributed by atoms with van der Waals surface area (Å²) in [4.78, 5) is 38.1. The Balaban J connectivity index is 2.58. The first-order valence-electron chi connectivity index (χ1n) is 9.06. The van der Waals surface area contributed by atoms with Gasteiger partial charge in [-0.05, 0) is 36.7 Å². The molecule has 2 rings (SSSR count). The Bertz CT molecular complexity index is 836. The van der Waals surface area contributed by atoms with Gasteiger partial charge in [0, 0.05) is 23.3 Å². The van der Waals surface area contributed by atoms with Gasteiger partial charge in [-0.3, -0.25) is 14.4 Å². The van der Waals surface area contributed by atoms with E-state index in [4.69, 9.17) is 5.73 Å². The number of carbonyl (C=O) groups is 3. The summed E-state index contributed by atoms with van der Waals surface area (Å²) in [5, 5.41) is 2.53. The first kappa shape index (κ1) is 20.4. The highest BCUT2D eigenvalue weighted by molar-refractivity contribution is 6.15. The monoisotopic (exact) mass is 366 g/mol. The fraction of sp³-hybridized carbons (Fsp3) is 0.318. The SMILES string of the molecule is C=CC(=O)NC1=C(CC)C(=O)C(C(/C=C\N)c2ccccc2C)C(C)C1=O. The first-order valence-corrected chi connectivity index (χ1v) is 9.06. The molecule has 1 aliphatic carbocycles. The van der Waals surface area contributed by atoms with Gasteiger partial charge in [0.15, 0.2) is 11.6 Å². The largest absolute Gasteiger partial charge is 0.405 e. The Morgan fingerprint density at radius 2 is 1.96 bits per heavy atom. The van der Waals surface area contributed by atoms with Gasteiger partial charge in [-0.15, -0.1) is 0 Å². The maximum atomic E-state index is 13.3. The summed E-state index contributed by atoms with van der Waals surface area (Å²) < 4.78 is 0. The van der Waals surface area contributed by atoms with E-state index < -0.39 is 17.7 Å². The molecule has 3 N–H and O–H groups in total. The summed E-state index contributed by atoms with van der Waals surface area (Å²) in [7, 11) is 0. The third-order valence-electron chi connectivity index (χ3n) is 5.14. The van der Waals surface area contributed by atoms with Crippen molar-refractivity contribution in [1.82, 2.24) is 5.32 Å². The summed E-state index contributed by atoms with van der Waals surface area (Å²) in [6.07, 6.45) is 4.64. The molecule has 1 aromatic rings. The molecule has 0 spiro atoms. The molecule has 1 amide bonds. The van der Waals surface area contributed by atoms with Crippen molar-refractivity contribution in [2.24, 2.45) is 17.6 Å². The minimum atomic E-state index is -0.589. The van der Waals surface area contributed by atoms with Crippen molar-refractivity contribution in [3.05, 3.63) is 71.6 Å². The van der Waals surface area contributed by atoms with Crippen LogP contribution in [-0.4, -0.2) is 17.5 Å². The van der Waals surface area contributed by atoms with E-state index in [0.717, 1.165) is 17.2 Å². The maximum Gasteiger partial charge on any atom is 0.247 e. The molecule has 1 aromatic carbocycles. The van der Waals surface area contributed by atoms with Gasteiger partial charge >= 0.3 is 0 Å². The van der Waals surface area contributed by atoms with E-state index in [2.05, 4.69) is 11.9 Å². The molecule has 0 saturated carbocycles. The number of nitrogens with two attached hydrogens (primary N) is 1. The molecule has 5 nitrogen and oxygen atoms in total. The molecule has 0 aromatic heterocycles. The number of carbonyl (C=O) groups excluding carboxylic acids is 3. The van der Waals surface area contributed by atoms with Crippen LogP contribution in [0.3, 0.4) is 0 Å². The zero-order valence-electron chi connectivity index (χ0n) is 16.0. The zero-order chi connectivity index (χ0) is 20.1. The van der Waals surface area contributed by atoms with Gasteiger partial charge in [-0.1, -0.05) is 50.8 Å². The van der Waals surface area contributed by atoms with Crippen molar-refractivity contribution in [3.8, 4) is 0 Å². The van der Waals surface area contributed by atoms with Crippen LogP contribution in [0, 0.1) is 18.8 Å². The van der Waals surface area contributed by atoms with E-state index in [0.29, 0.717) is 12.0 Å². The van der Waals surface area contributed by atoms with Crippen molar-refractivity contribution in [2.75, 3.05) is 0 Å². The van der Waals surface area contributed by atoms with Crippen molar-refractivity contribution in [2.45, 2.75) is 33.1 Å². The number of nitrogens with one attached hydrogen (secondary N) is 1. The number of hydrogen-bond acceptors (Lipinski definition) is 4. The molecule has 0 saturated heterocycles. The molecular weight excluding hydrogens is 340 g/mol. The summed E-state index contributed by atoms with van der Waals surface area (Å²) in [6.45, 7) is 8.90. The van der Waals surface area contributed by atoms with Crippen LogP contribution in [0.2, 0.25) is 0 Å². The van der Waals surface area contributed by atoms with Gasteiger partial charge in [0.2, 0.25) is 5.91 Å². The third kappa shape index (κ3) is 3.92. The van der Waals surface area contributed by atoms with Gasteiger partial charge in [-0.25, -0.2) is 0 Å². The average Bonchev–Trinajstić information content (AvgIpc) is 2.66. The van der Waals surface area contributed by atoms with Crippen LogP contribution in [0.5, 0.6) is 0 Å². The Morgan fingerprint density at radius 3 is 2.52 bits per heavy atom. The smallest absolute Gasteiger partial charge is 0.247 e. The minimum absolute atomic E-state index is 0.0939. The van der Waals surface area contributed by atoms with Crippen molar-refractivity contribution < 1.29 is 14.4 Å². The molecule has 0 fully saturated rings. The van der Waals surface area contributed by atoms with E-state index in [-0.39, 0.29) is 23.2 Å². The Hall–Kier alpha value is -2.95. The lowest BCUT2D eigenvalue weighted by Crippen LogP contribution is -2.43. The molecule has 27 heavy (non-hydrogen) atoms. The van der Waals surface area contributed by atoms with Crippen LogP contribution >= 0.6 is 0 Å². The number of hydrogen-bond donors (Lipinski definition) is 2. The number of aryl methyl sites for hydroxylation is 1. The van der Waals surface area contributed by atoms with Gasteiger partial charge in [0.1, 0.15) is 0 Å². The highest BCUT2D eigenvalue weighted by Gasteiger charge is 2.44. The van der Waals surface area contributed by atoms with Gasteiger partial charge in [0.25, 0.3) is 0 Å². The standard InChI is InChI=1S/C22H26N2O3/c1-5-15-20(24-18(25)6-2)21(26)14(4)19(22(15)27)17(11-12-23)16-10-8-7-9-13(16)3/h6-12,14,17,19H,2,5,23H2,1,3-4H3,(H,24,25)/b12-11-. The second-order valence-corrected chi connectivity index (χ2v) is 6.71. The fourth-order valence-corrected chi connectivity index (χ4v) is 3.72. The summed E-state index contributed by atoms with van der Waals surface area (Å²) in [6, 6.07) is 7.76.